The highest BCUT2D eigenvalue weighted by atomic mass is 32.2. The topological polar surface area (TPSA) is 80.6 Å². The standard InChI is InChI=1S/C17H17N3O3S/c1-12(24-15-5-3-4-10-18-15)16(21)20-19-11-13-6-8-14(9-7-13)17(22)23-2/h3-12H,1-2H3,(H,20,21)/b19-11+. The molecule has 7 heteroatoms. The van der Waals surface area contributed by atoms with Gasteiger partial charge in [0.05, 0.1) is 29.2 Å². The average molecular weight is 343 g/mol. The van der Waals surface area contributed by atoms with Crippen molar-refractivity contribution in [1.29, 1.82) is 0 Å². The number of hydrogen-bond acceptors (Lipinski definition) is 6. The van der Waals surface area contributed by atoms with Gasteiger partial charge in [0.15, 0.2) is 0 Å². The van der Waals surface area contributed by atoms with E-state index in [0.717, 1.165) is 10.6 Å². The average Bonchev–Trinajstić information content (AvgIpc) is 2.62. The Labute approximate surface area is 144 Å². The summed E-state index contributed by atoms with van der Waals surface area (Å²) in [5.74, 6) is -0.611. The van der Waals surface area contributed by atoms with Gasteiger partial charge < -0.3 is 4.74 Å². The molecule has 1 unspecified atom stereocenters. The van der Waals surface area contributed by atoms with E-state index in [0.29, 0.717) is 5.56 Å². The van der Waals surface area contributed by atoms with Crippen LogP contribution in [0.1, 0.15) is 22.8 Å². The first kappa shape index (κ1) is 17.7. The predicted molar refractivity (Wildman–Crippen MR) is 93.1 cm³/mol. The molecule has 0 aliphatic carbocycles. The number of carbonyl (C=O) groups excluding carboxylic acids is 2. The molecule has 0 bridgehead atoms. The van der Waals surface area contributed by atoms with Crippen molar-refractivity contribution in [1.82, 2.24) is 10.4 Å². The van der Waals surface area contributed by atoms with E-state index in [4.69, 9.17) is 0 Å². The lowest BCUT2D eigenvalue weighted by Crippen LogP contribution is -2.26. The Morgan fingerprint density at radius 1 is 1.25 bits per heavy atom. The molecule has 0 saturated carbocycles. The van der Waals surface area contributed by atoms with Crippen LogP contribution in [0.5, 0.6) is 0 Å². The number of methoxy groups -OCH3 is 1. The van der Waals surface area contributed by atoms with Crippen LogP contribution in [-0.4, -0.2) is 35.4 Å². The Morgan fingerprint density at radius 3 is 2.62 bits per heavy atom. The summed E-state index contributed by atoms with van der Waals surface area (Å²) < 4.78 is 4.63. The quantitative estimate of drug-likeness (QED) is 0.377. The zero-order valence-electron chi connectivity index (χ0n) is 13.3. The smallest absolute Gasteiger partial charge is 0.337 e. The van der Waals surface area contributed by atoms with E-state index in [1.165, 1.54) is 25.1 Å². The van der Waals surface area contributed by atoms with Crippen molar-refractivity contribution in [3.05, 3.63) is 59.8 Å². The third-order valence-corrected chi connectivity index (χ3v) is 4.08. The number of esters is 1. The Bertz CT molecular complexity index is 718. The lowest BCUT2D eigenvalue weighted by atomic mass is 10.1. The number of ether oxygens (including phenoxy) is 1. The lowest BCUT2D eigenvalue weighted by Gasteiger charge is -2.08. The number of thioether (sulfide) groups is 1. The van der Waals surface area contributed by atoms with Gasteiger partial charge in [-0.25, -0.2) is 15.2 Å². The van der Waals surface area contributed by atoms with Gasteiger partial charge in [-0.2, -0.15) is 5.10 Å². The number of rotatable bonds is 6. The molecule has 6 nitrogen and oxygen atoms in total. The van der Waals surface area contributed by atoms with Gasteiger partial charge >= 0.3 is 5.97 Å². The Balaban J connectivity index is 1.86. The predicted octanol–water partition coefficient (Wildman–Crippen LogP) is 2.50. The fourth-order valence-electron chi connectivity index (χ4n) is 1.74. The van der Waals surface area contributed by atoms with E-state index in [1.807, 2.05) is 18.2 Å². The van der Waals surface area contributed by atoms with Crippen molar-refractivity contribution < 1.29 is 14.3 Å². The van der Waals surface area contributed by atoms with Crippen LogP contribution in [0.15, 0.2) is 58.8 Å². The first-order valence-electron chi connectivity index (χ1n) is 7.19. The minimum absolute atomic E-state index is 0.215. The number of hydrazone groups is 1. The van der Waals surface area contributed by atoms with Gasteiger partial charge in [-0.3, -0.25) is 4.79 Å². The third-order valence-electron chi connectivity index (χ3n) is 3.02. The Morgan fingerprint density at radius 2 is 2.00 bits per heavy atom. The lowest BCUT2D eigenvalue weighted by molar-refractivity contribution is -0.120. The summed E-state index contributed by atoms with van der Waals surface area (Å²) >= 11 is 1.36. The molecule has 124 valence electrons. The SMILES string of the molecule is COC(=O)c1ccc(/C=N/NC(=O)C(C)Sc2ccccn2)cc1. The molecule has 1 aromatic carbocycles. The molecule has 1 heterocycles. The molecule has 1 N–H and O–H groups in total. The molecule has 0 aliphatic rings. The summed E-state index contributed by atoms with van der Waals surface area (Å²) in [6.45, 7) is 1.79. The van der Waals surface area contributed by atoms with Gasteiger partial charge in [0.1, 0.15) is 0 Å². The maximum absolute atomic E-state index is 12.0. The number of aromatic nitrogens is 1. The molecule has 0 saturated heterocycles. The van der Waals surface area contributed by atoms with Crippen molar-refractivity contribution in [2.45, 2.75) is 17.2 Å². The van der Waals surface area contributed by atoms with Crippen LogP contribution in [0.4, 0.5) is 0 Å². The molecule has 2 rings (SSSR count). The first-order chi connectivity index (χ1) is 11.6. The van der Waals surface area contributed by atoms with Crippen LogP contribution < -0.4 is 5.43 Å². The molecule has 2 aromatic rings. The van der Waals surface area contributed by atoms with Gasteiger partial charge in [-0.1, -0.05) is 30.0 Å². The molecule has 0 radical (unpaired) electrons. The largest absolute Gasteiger partial charge is 0.465 e. The molecule has 0 spiro atoms. The van der Waals surface area contributed by atoms with Crippen LogP contribution >= 0.6 is 11.8 Å². The van der Waals surface area contributed by atoms with E-state index < -0.39 is 5.97 Å². The summed E-state index contributed by atoms with van der Waals surface area (Å²) in [5.41, 5.74) is 3.70. The summed E-state index contributed by atoms with van der Waals surface area (Å²) in [6, 6.07) is 12.2. The fraction of sp³-hybridized carbons (Fsp3) is 0.176. The van der Waals surface area contributed by atoms with E-state index in [-0.39, 0.29) is 11.2 Å². The Kier molecular flexibility index (Phi) is 6.51. The minimum atomic E-state index is -0.396. The summed E-state index contributed by atoms with van der Waals surface area (Å²) in [6.07, 6.45) is 3.19. The van der Waals surface area contributed by atoms with Crippen LogP contribution in [0.3, 0.4) is 0 Å². The van der Waals surface area contributed by atoms with Crippen molar-refractivity contribution >= 4 is 29.9 Å². The van der Waals surface area contributed by atoms with Crippen LogP contribution in [0.25, 0.3) is 0 Å². The van der Waals surface area contributed by atoms with Crippen molar-refractivity contribution in [3.63, 3.8) is 0 Å². The number of nitrogens with one attached hydrogen (secondary N) is 1. The van der Waals surface area contributed by atoms with Gasteiger partial charge in [-0.15, -0.1) is 0 Å². The number of benzene rings is 1. The van der Waals surface area contributed by atoms with E-state index >= 15 is 0 Å². The highest BCUT2D eigenvalue weighted by Gasteiger charge is 2.14. The second kappa shape index (κ2) is 8.83. The van der Waals surface area contributed by atoms with Crippen LogP contribution in [0.2, 0.25) is 0 Å². The van der Waals surface area contributed by atoms with Crippen LogP contribution in [-0.2, 0) is 9.53 Å². The number of carbonyl (C=O) groups is 2. The van der Waals surface area contributed by atoms with Crippen molar-refractivity contribution in [3.8, 4) is 0 Å². The third kappa shape index (κ3) is 5.20. The van der Waals surface area contributed by atoms with Crippen LogP contribution in [0, 0.1) is 0 Å². The zero-order chi connectivity index (χ0) is 17.4. The normalized spacial score (nSPS) is 11.9. The molecular weight excluding hydrogens is 326 g/mol. The number of hydrogen-bond donors (Lipinski definition) is 1. The van der Waals surface area contributed by atoms with Gasteiger partial charge in [0.25, 0.3) is 5.91 Å². The maximum Gasteiger partial charge on any atom is 0.337 e. The Hall–Kier alpha value is -2.67. The molecule has 1 atom stereocenters. The molecule has 24 heavy (non-hydrogen) atoms. The molecule has 1 aromatic heterocycles. The number of amides is 1. The second-order valence-corrected chi connectivity index (χ2v) is 6.14. The van der Waals surface area contributed by atoms with E-state index in [2.05, 4.69) is 20.2 Å². The van der Waals surface area contributed by atoms with Gasteiger partial charge in [-0.05, 0) is 36.8 Å². The molecule has 0 aliphatic heterocycles. The number of pyridine rings is 1. The maximum atomic E-state index is 12.0. The number of nitrogens with zero attached hydrogens (tertiary/aromatic N) is 2. The highest BCUT2D eigenvalue weighted by molar-refractivity contribution is 8.00. The summed E-state index contributed by atoms with van der Waals surface area (Å²) in [7, 11) is 1.33. The van der Waals surface area contributed by atoms with E-state index in [9.17, 15) is 9.59 Å². The molecular formula is C17H17N3O3S. The molecule has 1 amide bonds. The second-order valence-electron chi connectivity index (χ2n) is 4.78. The molecule has 0 fully saturated rings. The fourth-order valence-corrected chi connectivity index (χ4v) is 2.54. The van der Waals surface area contributed by atoms with Gasteiger partial charge in [0.2, 0.25) is 0 Å². The summed E-state index contributed by atoms with van der Waals surface area (Å²) in [4.78, 5) is 27.5. The van der Waals surface area contributed by atoms with E-state index in [1.54, 1.807) is 37.4 Å². The van der Waals surface area contributed by atoms with Crippen molar-refractivity contribution in [2.75, 3.05) is 7.11 Å². The van der Waals surface area contributed by atoms with Crippen molar-refractivity contribution in [2.24, 2.45) is 5.10 Å². The highest BCUT2D eigenvalue weighted by Crippen LogP contribution is 2.20. The monoisotopic (exact) mass is 343 g/mol. The van der Waals surface area contributed by atoms with Gasteiger partial charge in [0, 0.05) is 6.20 Å². The first-order valence-corrected chi connectivity index (χ1v) is 8.07. The minimum Gasteiger partial charge on any atom is -0.465 e. The zero-order valence-corrected chi connectivity index (χ0v) is 14.1. The summed E-state index contributed by atoms with van der Waals surface area (Å²) in [5, 5.41) is 4.38.